The van der Waals surface area contributed by atoms with Crippen LogP contribution in [0.2, 0.25) is 5.28 Å². The van der Waals surface area contributed by atoms with Crippen molar-refractivity contribution in [3.8, 4) is 0 Å². The van der Waals surface area contributed by atoms with E-state index in [1.807, 2.05) is 7.05 Å². The number of hydrogen-bond acceptors (Lipinski definition) is 4. The second-order valence-corrected chi connectivity index (χ2v) is 3.91. The van der Waals surface area contributed by atoms with E-state index in [0.717, 1.165) is 28.6 Å². The molecular weight excluding hydrogens is 194 g/mol. The summed E-state index contributed by atoms with van der Waals surface area (Å²) in [5.41, 5.74) is 1.07. The molecule has 0 saturated heterocycles. The first-order valence-electron chi connectivity index (χ1n) is 3.68. The summed E-state index contributed by atoms with van der Waals surface area (Å²) in [5, 5.41) is 3.35. The third-order valence-corrected chi connectivity index (χ3v) is 3.03. The third-order valence-electron chi connectivity index (χ3n) is 1.73. The van der Waals surface area contributed by atoms with Crippen LogP contribution in [0.15, 0.2) is 4.90 Å². The first-order chi connectivity index (χ1) is 5.81. The Balaban J connectivity index is 2.55. The van der Waals surface area contributed by atoms with Gasteiger partial charge in [-0.3, -0.25) is 0 Å². The quantitative estimate of drug-likeness (QED) is 0.704. The number of fused-ring (bicyclic) bond motifs is 1. The fourth-order valence-corrected chi connectivity index (χ4v) is 2.49. The second-order valence-electron chi connectivity index (χ2n) is 2.47. The summed E-state index contributed by atoms with van der Waals surface area (Å²) < 4.78 is 0. The van der Waals surface area contributed by atoms with Gasteiger partial charge in [-0.05, 0) is 11.6 Å². The fraction of sp³-hybridized carbons (Fsp3) is 0.429. The smallest absolute Gasteiger partial charge is 0.224 e. The Kier molecular flexibility index (Phi) is 2.11. The molecular formula is C7H8ClN3S. The SMILES string of the molecule is CNc1nc(Cl)nc2c1SCC2. The van der Waals surface area contributed by atoms with Gasteiger partial charge in [-0.25, -0.2) is 4.98 Å². The highest BCUT2D eigenvalue weighted by Crippen LogP contribution is 2.35. The number of rotatable bonds is 1. The Hall–Kier alpha value is -0.480. The van der Waals surface area contributed by atoms with E-state index in [4.69, 9.17) is 11.6 Å². The van der Waals surface area contributed by atoms with Gasteiger partial charge in [-0.15, -0.1) is 11.8 Å². The molecule has 1 aliphatic rings. The van der Waals surface area contributed by atoms with E-state index in [1.54, 1.807) is 11.8 Å². The number of anilines is 1. The minimum atomic E-state index is 0.334. The predicted octanol–water partition coefficient (Wildman–Crippen LogP) is 1.82. The van der Waals surface area contributed by atoms with Gasteiger partial charge in [0, 0.05) is 19.2 Å². The van der Waals surface area contributed by atoms with Crippen LogP contribution in [0.4, 0.5) is 5.82 Å². The van der Waals surface area contributed by atoms with E-state index in [2.05, 4.69) is 15.3 Å². The van der Waals surface area contributed by atoms with Crippen molar-refractivity contribution in [2.75, 3.05) is 18.1 Å². The van der Waals surface area contributed by atoms with Crippen LogP contribution in [0, 0.1) is 0 Å². The van der Waals surface area contributed by atoms with Crippen molar-refractivity contribution in [3.05, 3.63) is 11.0 Å². The number of halogens is 1. The molecule has 12 heavy (non-hydrogen) atoms. The molecule has 0 atom stereocenters. The summed E-state index contributed by atoms with van der Waals surface area (Å²) in [4.78, 5) is 9.40. The Labute approximate surface area is 79.9 Å². The summed E-state index contributed by atoms with van der Waals surface area (Å²) in [6.45, 7) is 0. The van der Waals surface area contributed by atoms with E-state index in [0.29, 0.717) is 5.28 Å². The molecule has 2 rings (SSSR count). The lowest BCUT2D eigenvalue weighted by atomic mass is 10.3. The summed E-state index contributed by atoms with van der Waals surface area (Å²) in [5.74, 6) is 1.94. The Morgan fingerprint density at radius 2 is 2.33 bits per heavy atom. The van der Waals surface area contributed by atoms with Crippen LogP contribution in [0.5, 0.6) is 0 Å². The van der Waals surface area contributed by atoms with E-state index in [-0.39, 0.29) is 0 Å². The summed E-state index contributed by atoms with van der Waals surface area (Å²) in [7, 11) is 1.85. The lowest BCUT2D eigenvalue weighted by molar-refractivity contribution is 0.977. The average Bonchev–Trinajstić information content (AvgIpc) is 2.50. The van der Waals surface area contributed by atoms with Gasteiger partial charge < -0.3 is 5.32 Å². The number of aromatic nitrogens is 2. The van der Waals surface area contributed by atoms with Crippen molar-refractivity contribution in [1.29, 1.82) is 0 Å². The largest absolute Gasteiger partial charge is 0.372 e. The second kappa shape index (κ2) is 3.11. The van der Waals surface area contributed by atoms with Gasteiger partial charge in [0.05, 0.1) is 10.6 Å². The lowest BCUT2D eigenvalue weighted by Gasteiger charge is -2.04. The molecule has 0 bridgehead atoms. The number of hydrogen-bond donors (Lipinski definition) is 1. The molecule has 1 aromatic heterocycles. The number of thioether (sulfide) groups is 1. The molecule has 0 aromatic carbocycles. The molecule has 0 spiro atoms. The van der Waals surface area contributed by atoms with Gasteiger partial charge >= 0.3 is 0 Å². The molecule has 5 heteroatoms. The standard InChI is InChI=1S/C7H8ClN3S/c1-9-6-5-4(2-3-12-5)10-7(8)11-6/h2-3H2,1H3,(H,9,10,11). The fourth-order valence-electron chi connectivity index (χ4n) is 1.21. The molecule has 0 aliphatic carbocycles. The average molecular weight is 202 g/mol. The van der Waals surface area contributed by atoms with Crippen molar-refractivity contribution in [3.63, 3.8) is 0 Å². The highest BCUT2D eigenvalue weighted by atomic mass is 35.5. The van der Waals surface area contributed by atoms with E-state index in [9.17, 15) is 0 Å². The van der Waals surface area contributed by atoms with Crippen molar-refractivity contribution in [2.45, 2.75) is 11.3 Å². The summed E-state index contributed by atoms with van der Waals surface area (Å²) in [6, 6.07) is 0. The van der Waals surface area contributed by atoms with Crippen molar-refractivity contribution >= 4 is 29.2 Å². The van der Waals surface area contributed by atoms with Gasteiger partial charge in [0.25, 0.3) is 0 Å². The number of nitrogens with one attached hydrogen (secondary N) is 1. The Morgan fingerprint density at radius 3 is 3.08 bits per heavy atom. The number of aryl methyl sites for hydroxylation is 1. The van der Waals surface area contributed by atoms with Crippen molar-refractivity contribution in [1.82, 2.24) is 9.97 Å². The van der Waals surface area contributed by atoms with Gasteiger partial charge in [-0.2, -0.15) is 4.98 Å². The van der Waals surface area contributed by atoms with Crippen molar-refractivity contribution < 1.29 is 0 Å². The molecule has 3 nitrogen and oxygen atoms in total. The maximum atomic E-state index is 5.74. The predicted molar refractivity (Wildman–Crippen MR) is 51.0 cm³/mol. The van der Waals surface area contributed by atoms with Crippen LogP contribution >= 0.6 is 23.4 Å². The number of nitrogens with zero attached hydrogens (tertiary/aromatic N) is 2. The van der Waals surface area contributed by atoms with Crippen molar-refractivity contribution in [2.24, 2.45) is 0 Å². The monoisotopic (exact) mass is 201 g/mol. The highest BCUT2D eigenvalue weighted by molar-refractivity contribution is 7.99. The minimum absolute atomic E-state index is 0.334. The molecule has 0 amide bonds. The van der Waals surface area contributed by atoms with Crippen LogP contribution in [0.3, 0.4) is 0 Å². The van der Waals surface area contributed by atoms with Crippen LogP contribution in [-0.4, -0.2) is 22.8 Å². The highest BCUT2D eigenvalue weighted by Gasteiger charge is 2.18. The Bertz CT molecular complexity index is 316. The molecule has 0 fully saturated rings. The third kappa shape index (κ3) is 1.25. The maximum absolute atomic E-state index is 5.74. The Morgan fingerprint density at radius 1 is 1.50 bits per heavy atom. The molecule has 0 saturated carbocycles. The van der Waals surface area contributed by atoms with Gasteiger partial charge in [-0.1, -0.05) is 0 Å². The van der Waals surface area contributed by atoms with Gasteiger partial charge in [0.1, 0.15) is 5.82 Å². The molecule has 1 aromatic rings. The molecule has 0 unspecified atom stereocenters. The van der Waals surface area contributed by atoms with Crippen LogP contribution < -0.4 is 5.32 Å². The maximum Gasteiger partial charge on any atom is 0.224 e. The molecule has 2 heterocycles. The lowest BCUT2D eigenvalue weighted by Crippen LogP contribution is -1.98. The summed E-state index contributed by atoms with van der Waals surface area (Å²) >= 11 is 7.52. The molecule has 1 N–H and O–H groups in total. The first kappa shape index (κ1) is 8.13. The zero-order valence-corrected chi connectivity index (χ0v) is 8.17. The van der Waals surface area contributed by atoms with Crippen LogP contribution in [0.25, 0.3) is 0 Å². The van der Waals surface area contributed by atoms with Gasteiger partial charge in [0.2, 0.25) is 5.28 Å². The van der Waals surface area contributed by atoms with E-state index >= 15 is 0 Å². The van der Waals surface area contributed by atoms with Crippen LogP contribution in [0.1, 0.15) is 5.69 Å². The molecule has 1 aliphatic heterocycles. The molecule has 0 radical (unpaired) electrons. The zero-order valence-electron chi connectivity index (χ0n) is 6.59. The zero-order chi connectivity index (χ0) is 8.55. The van der Waals surface area contributed by atoms with Gasteiger partial charge in [0.15, 0.2) is 0 Å². The first-order valence-corrected chi connectivity index (χ1v) is 5.04. The summed E-state index contributed by atoms with van der Waals surface area (Å²) in [6.07, 6.45) is 0.997. The minimum Gasteiger partial charge on any atom is -0.372 e. The topological polar surface area (TPSA) is 37.8 Å². The molecule has 64 valence electrons. The van der Waals surface area contributed by atoms with E-state index in [1.165, 1.54) is 0 Å². The van der Waals surface area contributed by atoms with E-state index < -0.39 is 0 Å². The van der Waals surface area contributed by atoms with Crippen LogP contribution in [-0.2, 0) is 6.42 Å². The normalized spacial score (nSPS) is 14.5.